The van der Waals surface area contributed by atoms with Gasteiger partial charge in [0.2, 0.25) is 0 Å². The van der Waals surface area contributed by atoms with Gasteiger partial charge in [0.05, 0.1) is 11.4 Å². The van der Waals surface area contributed by atoms with Crippen LogP contribution in [-0.2, 0) is 0 Å². The first-order valence-electron chi connectivity index (χ1n) is 9.16. The van der Waals surface area contributed by atoms with E-state index in [1.165, 1.54) is 0 Å². The minimum absolute atomic E-state index is 0.0115. The quantitative estimate of drug-likeness (QED) is 0.627. The second kappa shape index (κ2) is 6.71. The monoisotopic (exact) mass is 360 g/mol. The van der Waals surface area contributed by atoms with E-state index in [-0.39, 0.29) is 5.78 Å². The number of ketones is 1. The smallest absolute Gasteiger partial charge is 0.186 e. The summed E-state index contributed by atoms with van der Waals surface area (Å²) in [6.45, 7) is 0. The minimum Gasteiger partial charge on any atom is -0.289 e. The van der Waals surface area contributed by atoms with Crippen LogP contribution in [0, 0.1) is 0 Å². The summed E-state index contributed by atoms with van der Waals surface area (Å²) in [5, 5.41) is 0. The third-order valence-corrected chi connectivity index (χ3v) is 4.88. The van der Waals surface area contributed by atoms with Gasteiger partial charge in [-0.15, -0.1) is 0 Å². The average molecular weight is 360 g/mol. The molecule has 0 N–H and O–H groups in total. The van der Waals surface area contributed by atoms with Crippen molar-refractivity contribution in [2.24, 2.45) is 9.98 Å². The number of carbonyl (C=O) groups is 1. The number of carbonyl (C=O) groups excluding carboxylic acids is 1. The van der Waals surface area contributed by atoms with Gasteiger partial charge >= 0.3 is 0 Å². The lowest BCUT2D eigenvalue weighted by Gasteiger charge is -2.13. The molecule has 0 fully saturated rings. The van der Waals surface area contributed by atoms with Gasteiger partial charge in [-0.1, -0.05) is 84.9 Å². The SMILES string of the molecule is O=C1C=CC(=C2N=C(c3ccccc3)C(c3ccccc3)=N2)c2ccccc21. The largest absolute Gasteiger partial charge is 0.289 e. The van der Waals surface area contributed by atoms with E-state index < -0.39 is 0 Å². The van der Waals surface area contributed by atoms with Crippen LogP contribution in [0.4, 0.5) is 0 Å². The molecule has 0 atom stereocenters. The normalized spacial score (nSPS) is 15.4. The molecule has 3 aromatic carbocycles. The molecular formula is C25H16N2O. The maximum absolute atomic E-state index is 12.2. The third kappa shape index (κ3) is 2.74. The molecular weight excluding hydrogens is 344 g/mol. The Bertz CT molecular complexity index is 1140. The van der Waals surface area contributed by atoms with Crippen LogP contribution in [0.15, 0.2) is 113 Å². The Hall–Kier alpha value is -3.85. The van der Waals surface area contributed by atoms with Gasteiger partial charge in [-0.05, 0) is 17.7 Å². The Balaban J connectivity index is 1.74. The Morgan fingerprint density at radius 3 is 1.61 bits per heavy atom. The Labute approximate surface area is 163 Å². The number of hydrogen-bond acceptors (Lipinski definition) is 3. The van der Waals surface area contributed by atoms with Crippen molar-refractivity contribution in [3.8, 4) is 0 Å². The van der Waals surface area contributed by atoms with E-state index in [1.54, 1.807) is 6.08 Å². The Kier molecular flexibility index (Phi) is 3.91. The summed E-state index contributed by atoms with van der Waals surface area (Å²) >= 11 is 0. The Morgan fingerprint density at radius 1 is 0.536 bits per heavy atom. The fourth-order valence-electron chi connectivity index (χ4n) is 3.52. The van der Waals surface area contributed by atoms with Crippen LogP contribution >= 0.6 is 0 Å². The van der Waals surface area contributed by atoms with Crippen molar-refractivity contribution in [1.29, 1.82) is 0 Å². The summed E-state index contributed by atoms with van der Waals surface area (Å²) in [6, 6.07) is 27.8. The van der Waals surface area contributed by atoms with Crippen molar-refractivity contribution in [3.05, 3.63) is 125 Å². The average Bonchev–Trinajstić information content (AvgIpc) is 3.21. The molecule has 5 rings (SSSR count). The first-order chi connectivity index (χ1) is 13.8. The van der Waals surface area contributed by atoms with E-state index in [4.69, 9.17) is 9.98 Å². The van der Waals surface area contributed by atoms with Crippen LogP contribution in [0.2, 0.25) is 0 Å². The van der Waals surface area contributed by atoms with E-state index in [2.05, 4.69) is 0 Å². The lowest BCUT2D eigenvalue weighted by atomic mass is 9.92. The first-order valence-corrected chi connectivity index (χ1v) is 9.16. The number of nitrogens with zero attached hydrogens (tertiary/aromatic N) is 2. The van der Waals surface area contributed by atoms with Crippen LogP contribution < -0.4 is 0 Å². The highest BCUT2D eigenvalue weighted by Crippen LogP contribution is 2.32. The molecule has 3 aromatic rings. The van der Waals surface area contributed by atoms with Gasteiger partial charge in [-0.3, -0.25) is 4.79 Å². The molecule has 1 aliphatic carbocycles. The van der Waals surface area contributed by atoms with Crippen LogP contribution in [0.1, 0.15) is 27.0 Å². The molecule has 132 valence electrons. The molecule has 0 saturated carbocycles. The predicted molar refractivity (Wildman–Crippen MR) is 113 cm³/mol. The lowest BCUT2D eigenvalue weighted by Crippen LogP contribution is -2.13. The van der Waals surface area contributed by atoms with Gasteiger partial charge < -0.3 is 0 Å². The summed E-state index contributed by atoms with van der Waals surface area (Å²) in [7, 11) is 0. The molecule has 0 bridgehead atoms. The van der Waals surface area contributed by atoms with Crippen molar-refractivity contribution >= 4 is 22.8 Å². The fraction of sp³-hybridized carbons (Fsp3) is 0. The molecule has 3 heteroatoms. The van der Waals surface area contributed by atoms with Crippen molar-refractivity contribution in [2.75, 3.05) is 0 Å². The number of aliphatic imine (C=N–C) groups is 2. The summed E-state index contributed by atoms with van der Waals surface area (Å²) in [5.41, 5.74) is 6.16. The number of benzene rings is 3. The van der Waals surface area contributed by atoms with Gasteiger partial charge in [0.1, 0.15) is 0 Å². The van der Waals surface area contributed by atoms with Gasteiger partial charge in [-0.2, -0.15) is 0 Å². The maximum atomic E-state index is 12.2. The zero-order valence-corrected chi connectivity index (χ0v) is 15.0. The van der Waals surface area contributed by atoms with E-state index in [9.17, 15) is 4.79 Å². The van der Waals surface area contributed by atoms with Gasteiger partial charge in [-0.25, -0.2) is 9.98 Å². The molecule has 3 nitrogen and oxygen atoms in total. The van der Waals surface area contributed by atoms with E-state index in [0.717, 1.165) is 33.7 Å². The molecule has 28 heavy (non-hydrogen) atoms. The summed E-state index contributed by atoms with van der Waals surface area (Å²) < 4.78 is 0. The van der Waals surface area contributed by atoms with Crippen molar-refractivity contribution in [2.45, 2.75) is 0 Å². The number of allylic oxidation sites excluding steroid dienone is 3. The third-order valence-electron chi connectivity index (χ3n) is 4.88. The number of rotatable bonds is 2. The molecule has 0 radical (unpaired) electrons. The van der Waals surface area contributed by atoms with Crippen LogP contribution in [0.5, 0.6) is 0 Å². The predicted octanol–water partition coefficient (Wildman–Crippen LogP) is 5.10. The van der Waals surface area contributed by atoms with Crippen molar-refractivity contribution < 1.29 is 4.79 Å². The van der Waals surface area contributed by atoms with Crippen molar-refractivity contribution in [3.63, 3.8) is 0 Å². The second-order valence-electron chi connectivity index (χ2n) is 6.63. The van der Waals surface area contributed by atoms with E-state index in [0.29, 0.717) is 11.4 Å². The molecule has 2 aliphatic rings. The summed E-state index contributed by atoms with van der Waals surface area (Å²) in [4.78, 5) is 22.0. The summed E-state index contributed by atoms with van der Waals surface area (Å²) in [5.74, 6) is 0.645. The Morgan fingerprint density at radius 2 is 1.04 bits per heavy atom. The number of hydrogen-bond donors (Lipinski definition) is 0. The van der Waals surface area contributed by atoms with Gasteiger partial charge in [0.25, 0.3) is 0 Å². The first kappa shape index (κ1) is 16.3. The zero-order chi connectivity index (χ0) is 18.9. The fourth-order valence-corrected chi connectivity index (χ4v) is 3.52. The molecule has 0 amide bonds. The highest BCUT2D eigenvalue weighted by molar-refractivity contribution is 6.55. The highest BCUT2D eigenvalue weighted by atomic mass is 16.1. The van der Waals surface area contributed by atoms with Crippen LogP contribution in [0.3, 0.4) is 0 Å². The molecule has 0 aromatic heterocycles. The maximum Gasteiger partial charge on any atom is 0.186 e. The molecule has 0 spiro atoms. The molecule has 1 aliphatic heterocycles. The van der Waals surface area contributed by atoms with Crippen molar-refractivity contribution in [1.82, 2.24) is 0 Å². The van der Waals surface area contributed by atoms with Gasteiger partial charge in [0, 0.05) is 22.3 Å². The standard InChI is InChI=1S/C25H16N2O/c28-22-16-15-21(19-13-7-8-14-20(19)22)25-26-23(17-9-3-1-4-10-17)24(27-25)18-11-5-2-6-12-18/h1-16H. The highest BCUT2D eigenvalue weighted by Gasteiger charge is 2.25. The van der Waals surface area contributed by atoms with Crippen LogP contribution in [-0.4, -0.2) is 17.2 Å². The van der Waals surface area contributed by atoms with Gasteiger partial charge in [0.15, 0.2) is 11.6 Å². The summed E-state index contributed by atoms with van der Waals surface area (Å²) in [6.07, 6.45) is 3.42. The molecule has 0 unspecified atom stereocenters. The molecule has 1 heterocycles. The topological polar surface area (TPSA) is 41.8 Å². The second-order valence-corrected chi connectivity index (χ2v) is 6.63. The van der Waals surface area contributed by atoms with E-state index >= 15 is 0 Å². The zero-order valence-electron chi connectivity index (χ0n) is 15.0. The minimum atomic E-state index is 0.0115. The van der Waals surface area contributed by atoms with E-state index in [1.807, 2.05) is 91.0 Å². The lowest BCUT2D eigenvalue weighted by molar-refractivity contribution is 0.104. The van der Waals surface area contributed by atoms with Crippen LogP contribution in [0.25, 0.3) is 5.57 Å². The number of fused-ring (bicyclic) bond motifs is 1. The molecule has 0 saturated heterocycles.